The maximum absolute atomic E-state index is 12.5. The Bertz CT molecular complexity index is 460. The van der Waals surface area contributed by atoms with Gasteiger partial charge in [0.25, 0.3) is 0 Å². The number of benzene rings is 1. The van der Waals surface area contributed by atoms with Crippen LogP contribution in [0, 0.1) is 0 Å². The van der Waals surface area contributed by atoms with Gasteiger partial charge in [0.1, 0.15) is 0 Å². The monoisotopic (exact) mass is 338 g/mol. The van der Waals surface area contributed by atoms with Crippen LogP contribution in [0.5, 0.6) is 0 Å². The molecule has 0 radical (unpaired) electrons. The number of hydrogen-bond donors (Lipinski definition) is 1. The number of likely N-dealkylation sites (N-methyl/N-ethyl adjacent to an activating group) is 1. The number of rotatable bonds is 5. The Kier molecular flexibility index (Phi) is 5.22. The second kappa shape index (κ2) is 6.72. The van der Waals surface area contributed by atoms with Crippen molar-refractivity contribution in [2.75, 3.05) is 20.1 Å². The molecule has 0 bridgehead atoms. The molecule has 1 heterocycles. The van der Waals surface area contributed by atoms with Crippen LogP contribution in [-0.2, 0) is 11.2 Å². The van der Waals surface area contributed by atoms with Crippen LogP contribution in [0.4, 0.5) is 0 Å². The van der Waals surface area contributed by atoms with Crippen molar-refractivity contribution in [1.29, 1.82) is 0 Å². The lowest BCUT2D eigenvalue weighted by atomic mass is 9.98. The number of halogens is 1. The first-order valence-electron chi connectivity index (χ1n) is 7.25. The standard InChI is InChI=1S/C16H23BrN2O/c1-16(12-18-2)10-3-11-19(16)15(20)9-6-13-4-7-14(17)8-5-13/h4-5,7-8,18H,3,6,9-12H2,1-2H3. The second-order valence-corrected chi connectivity index (χ2v) is 6.72. The van der Waals surface area contributed by atoms with E-state index in [1.54, 1.807) is 0 Å². The number of nitrogens with zero attached hydrogens (tertiary/aromatic N) is 1. The zero-order valence-electron chi connectivity index (χ0n) is 12.3. The predicted molar refractivity (Wildman–Crippen MR) is 85.7 cm³/mol. The molecule has 0 aliphatic carbocycles. The van der Waals surface area contributed by atoms with Crippen LogP contribution in [0.25, 0.3) is 0 Å². The molecular weight excluding hydrogens is 316 g/mol. The second-order valence-electron chi connectivity index (χ2n) is 5.80. The average Bonchev–Trinajstić information content (AvgIpc) is 2.80. The Hall–Kier alpha value is -0.870. The number of amides is 1. The van der Waals surface area contributed by atoms with E-state index in [9.17, 15) is 4.79 Å². The largest absolute Gasteiger partial charge is 0.336 e. The molecule has 0 spiro atoms. The minimum atomic E-state index is -0.00838. The van der Waals surface area contributed by atoms with E-state index < -0.39 is 0 Å². The van der Waals surface area contributed by atoms with Crippen molar-refractivity contribution in [3.05, 3.63) is 34.3 Å². The normalized spacial score (nSPS) is 22.2. The average molecular weight is 339 g/mol. The van der Waals surface area contributed by atoms with Crippen molar-refractivity contribution in [2.24, 2.45) is 0 Å². The Morgan fingerprint density at radius 2 is 2.10 bits per heavy atom. The third kappa shape index (κ3) is 3.61. The number of carbonyl (C=O) groups excluding carboxylic acids is 1. The summed E-state index contributed by atoms with van der Waals surface area (Å²) in [6.07, 6.45) is 3.62. The van der Waals surface area contributed by atoms with E-state index in [-0.39, 0.29) is 11.4 Å². The molecule has 1 aliphatic heterocycles. The van der Waals surface area contributed by atoms with Crippen LogP contribution >= 0.6 is 15.9 Å². The van der Waals surface area contributed by atoms with E-state index >= 15 is 0 Å². The van der Waals surface area contributed by atoms with Crippen molar-refractivity contribution >= 4 is 21.8 Å². The van der Waals surface area contributed by atoms with Crippen molar-refractivity contribution in [3.8, 4) is 0 Å². The van der Waals surface area contributed by atoms with Gasteiger partial charge in [-0.25, -0.2) is 0 Å². The highest BCUT2D eigenvalue weighted by Gasteiger charge is 2.38. The summed E-state index contributed by atoms with van der Waals surface area (Å²) in [4.78, 5) is 14.5. The molecule has 2 rings (SSSR count). The fourth-order valence-corrected chi connectivity index (χ4v) is 3.31. The molecule has 1 aromatic carbocycles. The van der Waals surface area contributed by atoms with Gasteiger partial charge in [0.15, 0.2) is 0 Å². The van der Waals surface area contributed by atoms with Gasteiger partial charge in [-0.2, -0.15) is 0 Å². The number of likely N-dealkylation sites (tertiary alicyclic amines) is 1. The molecule has 4 heteroatoms. The van der Waals surface area contributed by atoms with Crippen molar-refractivity contribution < 1.29 is 4.79 Å². The molecule has 1 aliphatic rings. The van der Waals surface area contributed by atoms with Crippen molar-refractivity contribution in [1.82, 2.24) is 10.2 Å². The maximum atomic E-state index is 12.5. The molecule has 1 saturated heterocycles. The van der Waals surface area contributed by atoms with Gasteiger partial charge >= 0.3 is 0 Å². The topological polar surface area (TPSA) is 32.3 Å². The van der Waals surface area contributed by atoms with Crippen LogP contribution < -0.4 is 5.32 Å². The fraction of sp³-hybridized carbons (Fsp3) is 0.562. The smallest absolute Gasteiger partial charge is 0.223 e. The van der Waals surface area contributed by atoms with E-state index in [0.29, 0.717) is 6.42 Å². The quantitative estimate of drug-likeness (QED) is 0.895. The first-order chi connectivity index (χ1) is 9.55. The molecule has 1 aromatic rings. The van der Waals surface area contributed by atoms with Crippen LogP contribution in [0.1, 0.15) is 31.7 Å². The highest BCUT2D eigenvalue weighted by Crippen LogP contribution is 2.29. The lowest BCUT2D eigenvalue weighted by Crippen LogP contribution is -2.50. The van der Waals surface area contributed by atoms with Gasteiger partial charge in [-0.15, -0.1) is 0 Å². The van der Waals surface area contributed by atoms with Gasteiger partial charge < -0.3 is 10.2 Å². The maximum Gasteiger partial charge on any atom is 0.223 e. The highest BCUT2D eigenvalue weighted by atomic mass is 79.9. The molecule has 1 fully saturated rings. The zero-order valence-corrected chi connectivity index (χ0v) is 13.9. The molecule has 1 N–H and O–H groups in total. The number of aryl methyl sites for hydroxylation is 1. The lowest BCUT2D eigenvalue weighted by Gasteiger charge is -2.35. The van der Waals surface area contributed by atoms with Gasteiger partial charge in [-0.05, 0) is 50.9 Å². The number of hydrogen-bond acceptors (Lipinski definition) is 2. The summed E-state index contributed by atoms with van der Waals surface area (Å²) in [6.45, 7) is 3.96. The minimum absolute atomic E-state index is 0.00838. The number of nitrogens with one attached hydrogen (secondary N) is 1. The van der Waals surface area contributed by atoms with Gasteiger partial charge in [-0.1, -0.05) is 28.1 Å². The van der Waals surface area contributed by atoms with Gasteiger partial charge in [0.2, 0.25) is 5.91 Å². The zero-order chi connectivity index (χ0) is 14.6. The van der Waals surface area contributed by atoms with Gasteiger partial charge in [0, 0.05) is 24.0 Å². The highest BCUT2D eigenvalue weighted by molar-refractivity contribution is 9.10. The summed E-state index contributed by atoms with van der Waals surface area (Å²) in [5.74, 6) is 0.281. The molecule has 3 nitrogen and oxygen atoms in total. The Labute approximate surface area is 129 Å². The van der Waals surface area contributed by atoms with E-state index in [4.69, 9.17) is 0 Å². The SMILES string of the molecule is CNCC1(C)CCCN1C(=O)CCc1ccc(Br)cc1. The molecule has 110 valence electrons. The minimum Gasteiger partial charge on any atom is -0.336 e. The van der Waals surface area contributed by atoms with E-state index in [2.05, 4.69) is 45.2 Å². The van der Waals surface area contributed by atoms with Crippen LogP contribution in [0.15, 0.2) is 28.7 Å². The molecule has 0 aromatic heterocycles. The summed E-state index contributed by atoms with van der Waals surface area (Å²) in [5.41, 5.74) is 1.21. The van der Waals surface area contributed by atoms with Crippen LogP contribution in [0.2, 0.25) is 0 Å². The molecule has 1 unspecified atom stereocenters. The van der Waals surface area contributed by atoms with E-state index in [1.165, 1.54) is 5.56 Å². The summed E-state index contributed by atoms with van der Waals surface area (Å²) in [7, 11) is 1.95. The van der Waals surface area contributed by atoms with Crippen LogP contribution in [0.3, 0.4) is 0 Å². The molecular formula is C16H23BrN2O. The Balaban J connectivity index is 1.92. The predicted octanol–water partition coefficient (Wildman–Crippen LogP) is 2.98. The summed E-state index contributed by atoms with van der Waals surface area (Å²) in [6, 6.07) is 8.21. The van der Waals surface area contributed by atoms with Crippen LogP contribution in [-0.4, -0.2) is 36.5 Å². The molecule has 0 saturated carbocycles. The molecule has 1 atom stereocenters. The third-order valence-electron chi connectivity index (χ3n) is 4.15. The first kappa shape index (κ1) is 15.5. The fourth-order valence-electron chi connectivity index (χ4n) is 3.05. The number of carbonyl (C=O) groups is 1. The Morgan fingerprint density at radius 1 is 1.40 bits per heavy atom. The summed E-state index contributed by atoms with van der Waals surface area (Å²) >= 11 is 3.43. The summed E-state index contributed by atoms with van der Waals surface area (Å²) < 4.78 is 1.08. The van der Waals surface area contributed by atoms with E-state index in [1.807, 2.05) is 19.2 Å². The van der Waals surface area contributed by atoms with E-state index in [0.717, 1.165) is 36.8 Å². The summed E-state index contributed by atoms with van der Waals surface area (Å²) in [5, 5.41) is 3.22. The van der Waals surface area contributed by atoms with Gasteiger partial charge in [0.05, 0.1) is 5.54 Å². The van der Waals surface area contributed by atoms with Crippen molar-refractivity contribution in [2.45, 2.75) is 38.1 Å². The first-order valence-corrected chi connectivity index (χ1v) is 8.04. The third-order valence-corrected chi connectivity index (χ3v) is 4.68. The van der Waals surface area contributed by atoms with Crippen molar-refractivity contribution in [3.63, 3.8) is 0 Å². The molecule has 20 heavy (non-hydrogen) atoms. The lowest BCUT2D eigenvalue weighted by molar-refractivity contribution is -0.134. The molecule has 1 amide bonds. The Morgan fingerprint density at radius 3 is 2.75 bits per heavy atom. The van der Waals surface area contributed by atoms with Gasteiger partial charge in [-0.3, -0.25) is 4.79 Å².